The topological polar surface area (TPSA) is 142 Å². The van der Waals surface area contributed by atoms with Crippen LogP contribution in [0.4, 0.5) is 5.13 Å². The van der Waals surface area contributed by atoms with Gasteiger partial charge in [0.25, 0.3) is 11.8 Å². The normalized spacial score (nSPS) is 17.1. The lowest BCUT2D eigenvalue weighted by atomic mass is 9.77. The van der Waals surface area contributed by atoms with E-state index in [4.69, 9.17) is 9.82 Å². The van der Waals surface area contributed by atoms with Crippen LogP contribution in [0.5, 0.6) is 0 Å². The average Bonchev–Trinajstić information content (AvgIpc) is 3.93. The minimum absolute atomic E-state index is 0.0880. The van der Waals surface area contributed by atoms with E-state index in [2.05, 4.69) is 56.6 Å². The van der Waals surface area contributed by atoms with Crippen molar-refractivity contribution in [2.24, 2.45) is 12.2 Å². The molecule has 0 spiro atoms. The Kier molecular flexibility index (Phi) is 10.5. The number of carbonyl (C=O) groups excluding carboxylic acids is 2. The molecule has 57 heavy (non-hydrogen) atoms. The molecule has 15 heteroatoms. The molecule has 2 amide bonds. The number of fused-ring (bicyclic) bond motifs is 2. The first-order valence-corrected chi connectivity index (χ1v) is 20.9. The lowest BCUT2D eigenvalue weighted by Crippen LogP contribution is -2.71. The molecule has 8 rings (SSSR count). The number of thiazole rings is 2. The molecule has 3 N–H and O–H groups in total. The number of hydrogen-bond acceptors (Lipinski definition) is 10. The first-order valence-electron chi connectivity index (χ1n) is 18.2. The Morgan fingerprint density at radius 1 is 1.02 bits per heavy atom. The van der Waals surface area contributed by atoms with Crippen LogP contribution >= 0.6 is 34.4 Å². The number of benzene rings is 3. The number of carboxylic acids is 1. The fourth-order valence-corrected chi connectivity index (χ4v) is 10.3. The zero-order valence-electron chi connectivity index (χ0n) is 31.2. The molecular formula is C42H38N7O5S3+. The standard InChI is InChI=1S/C42H37N7O5S3/c1-4-54-46-34(31-24-56-41(43-31)45-42(28-14-8-5-9-15-28,29-16-10-6-11-17-29)30-18-12-7-13-19-30)37(50)44-35-38(51)49-36(40(52)53)27(23-55-39(35)49)20-21-32-26(2)48-25-47(3)22-33(48)57-32/h5-22,24-25,35,39H,4,23H2,1-3H3,(H2-,43,44,45,50,52,53)/p+1/b21-20?,46-34-/t35-,39-/m1/s1. The Hall–Kier alpha value is -6.03. The summed E-state index contributed by atoms with van der Waals surface area (Å²) in [5, 5.41) is 22.6. The monoisotopic (exact) mass is 816 g/mol. The fourth-order valence-electron chi connectivity index (χ4n) is 7.17. The van der Waals surface area contributed by atoms with Gasteiger partial charge in [0, 0.05) is 11.1 Å². The zero-order valence-corrected chi connectivity index (χ0v) is 33.6. The number of aryl methyl sites for hydroxylation is 2. The highest BCUT2D eigenvalue weighted by molar-refractivity contribution is 8.00. The van der Waals surface area contributed by atoms with E-state index in [9.17, 15) is 19.5 Å². The first-order chi connectivity index (χ1) is 27.7. The second kappa shape index (κ2) is 15.8. The van der Waals surface area contributed by atoms with Gasteiger partial charge in [-0.1, -0.05) is 114 Å². The van der Waals surface area contributed by atoms with Gasteiger partial charge in [-0.2, -0.15) is 4.40 Å². The van der Waals surface area contributed by atoms with Gasteiger partial charge in [0.15, 0.2) is 10.8 Å². The van der Waals surface area contributed by atoms with Crippen LogP contribution in [0, 0.1) is 6.92 Å². The summed E-state index contributed by atoms with van der Waals surface area (Å²) in [6.45, 7) is 3.95. The van der Waals surface area contributed by atoms with E-state index in [0.717, 1.165) is 32.1 Å². The maximum atomic E-state index is 14.0. The number of allylic oxidation sites excluding steroid dienone is 1. The number of imidazole rings is 1. The van der Waals surface area contributed by atoms with Crippen LogP contribution in [0.25, 0.3) is 10.9 Å². The Balaban J connectivity index is 1.05. The number of oxime groups is 1. The number of rotatable bonds is 13. The van der Waals surface area contributed by atoms with Gasteiger partial charge >= 0.3 is 5.97 Å². The summed E-state index contributed by atoms with van der Waals surface area (Å²) in [7, 11) is 1.96. The molecule has 0 unspecified atom stereocenters. The summed E-state index contributed by atoms with van der Waals surface area (Å²) in [5.41, 5.74) is 3.72. The molecule has 6 aromatic rings. The third-order valence-electron chi connectivity index (χ3n) is 9.87. The quantitative estimate of drug-likeness (QED) is 0.0413. The van der Waals surface area contributed by atoms with Gasteiger partial charge in [0.05, 0.1) is 11.9 Å². The van der Waals surface area contributed by atoms with Crippen molar-refractivity contribution >= 4 is 74.0 Å². The average molecular weight is 817 g/mol. The van der Waals surface area contributed by atoms with Gasteiger partial charge < -0.3 is 20.6 Å². The molecule has 5 heterocycles. The van der Waals surface area contributed by atoms with Crippen molar-refractivity contribution in [3.8, 4) is 0 Å². The second-order valence-electron chi connectivity index (χ2n) is 13.4. The van der Waals surface area contributed by atoms with Gasteiger partial charge in [-0.15, -0.1) is 23.1 Å². The van der Waals surface area contributed by atoms with Crippen molar-refractivity contribution in [3.05, 3.63) is 159 Å². The third-order valence-corrected chi connectivity index (χ3v) is 13.1. The molecular weight excluding hydrogens is 779 g/mol. The number of amides is 2. The molecule has 0 radical (unpaired) electrons. The molecule has 0 bridgehead atoms. The summed E-state index contributed by atoms with van der Waals surface area (Å²) in [6, 6.07) is 29.3. The zero-order chi connectivity index (χ0) is 39.7. The number of carboxylic acid groups (broad SMARTS) is 1. The van der Waals surface area contributed by atoms with Crippen LogP contribution in [-0.2, 0) is 31.8 Å². The predicted molar refractivity (Wildman–Crippen MR) is 223 cm³/mol. The van der Waals surface area contributed by atoms with Crippen LogP contribution in [-0.4, -0.2) is 66.7 Å². The molecule has 2 aliphatic rings. The van der Waals surface area contributed by atoms with E-state index >= 15 is 0 Å². The predicted octanol–water partition coefficient (Wildman–Crippen LogP) is 6.19. The van der Waals surface area contributed by atoms with E-state index in [1.807, 2.05) is 91.7 Å². The van der Waals surface area contributed by atoms with Crippen LogP contribution < -0.4 is 15.2 Å². The maximum Gasteiger partial charge on any atom is 0.352 e. The fraction of sp³-hybridized carbons (Fsp3) is 0.190. The Morgan fingerprint density at radius 3 is 2.23 bits per heavy atom. The van der Waals surface area contributed by atoms with E-state index in [1.54, 1.807) is 29.7 Å². The largest absolute Gasteiger partial charge is 0.477 e. The number of anilines is 1. The number of nitrogens with zero attached hydrogens (tertiary/aromatic N) is 5. The number of thioether (sulfide) groups is 1. The lowest BCUT2D eigenvalue weighted by molar-refractivity contribution is -0.670. The van der Waals surface area contributed by atoms with E-state index in [-0.39, 0.29) is 23.7 Å². The highest BCUT2D eigenvalue weighted by atomic mass is 32.2. The van der Waals surface area contributed by atoms with E-state index in [0.29, 0.717) is 16.5 Å². The second-order valence-corrected chi connectivity index (χ2v) is 16.4. The van der Waals surface area contributed by atoms with Crippen LogP contribution in [0.1, 0.15) is 39.9 Å². The van der Waals surface area contributed by atoms with Crippen LogP contribution in [0.2, 0.25) is 0 Å². The Bertz CT molecular complexity index is 2470. The van der Waals surface area contributed by atoms with Gasteiger partial charge in [0.1, 0.15) is 46.8 Å². The smallest absolute Gasteiger partial charge is 0.352 e. The number of aromatic nitrogens is 3. The molecule has 0 saturated carbocycles. The van der Waals surface area contributed by atoms with Gasteiger partial charge in [-0.25, -0.2) is 14.3 Å². The van der Waals surface area contributed by atoms with Crippen molar-refractivity contribution in [3.63, 3.8) is 0 Å². The maximum absolute atomic E-state index is 14.0. The minimum Gasteiger partial charge on any atom is -0.477 e. The summed E-state index contributed by atoms with van der Waals surface area (Å²) < 4.78 is 4.06. The van der Waals surface area contributed by atoms with Crippen LogP contribution in [0.3, 0.4) is 0 Å². The van der Waals surface area contributed by atoms with Crippen molar-refractivity contribution in [1.82, 2.24) is 19.6 Å². The van der Waals surface area contributed by atoms with Crippen molar-refractivity contribution in [2.45, 2.75) is 30.8 Å². The van der Waals surface area contributed by atoms with Crippen molar-refractivity contribution in [2.75, 3.05) is 17.7 Å². The summed E-state index contributed by atoms with van der Waals surface area (Å²) in [4.78, 5) is 53.8. The van der Waals surface area contributed by atoms with E-state index < -0.39 is 34.7 Å². The highest BCUT2D eigenvalue weighted by Gasteiger charge is 2.54. The molecule has 288 valence electrons. The number of aliphatic carboxylic acids is 1. The minimum atomic E-state index is -1.21. The Morgan fingerprint density at radius 2 is 1.65 bits per heavy atom. The summed E-state index contributed by atoms with van der Waals surface area (Å²) >= 11 is 4.29. The summed E-state index contributed by atoms with van der Waals surface area (Å²) in [5.74, 6) is -2.05. The summed E-state index contributed by atoms with van der Waals surface area (Å²) in [6.07, 6.45) is 7.67. The molecule has 2 atom stereocenters. The molecule has 3 aromatic carbocycles. The third kappa shape index (κ3) is 7.02. The van der Waals surface area contributed by atoms with Crippen molar-refractivity contribution < 1.29 is 28.9 Å². The van der Waals surface area contributed by atoms with Crippen molar-refractivity contribution in [1.29, 1.82) is 0 Å². The molecule has 12 nitrogen and oxygen atoms in total. The molecule has 2 aliphatic heterocycles. The molecule has 0 aliphatic carbocycles. The number of nitrogens with one attached hydrogen (secondary N) is 2. The van der Waals surface area contributed by atoms with Gasteiger partial charge in [-0.05, 0) is 42.2 Å². The Labute approximate surface area is 340 Å². The SMILES string of the molecule is CCO/N=C(\C(=O)N[C@@H]1C(=O)N2C(C(=O)O)=C(C=Cc3sc4c[n+](C)cn4c3C)CS[C@H]12)c1csc(NC(c2ccccc2)(c2ccccc2)c2ccccc2)n1. The van der Waals surface area contributed by atoms with Gasteiger partial charge in [-0.3, -0.25) is 14.5 Å². The number of β-lactam (4-membered cyclic amide) rings is 1. The number of hydrogen-bond donors (Lipinski definition) is 3. The van der Waals surface area contributed by atoms with Crippen LogP contribution in [0.15, 0.2) is 131 Å². The molecule has 1 saturated heterocycles. The molecule has 3 aromatic heterocycles. The van der Waals surface area contributed by atoms with Gasteiger partial charge in [0.2, 0.25) is 11.2 Å². The lowest BCUT2D eigenvalue weighted by Gasteiger charge is -2.49. The first kappa shape index (κ1) is 37.9. The highest BCUT2D eigenvalue weighted by Crippen LogP contribution is 2.42. The van der Waals surface area contributed by atoms with E-state index in [1.165, 1.54) is 28.0 Å². The molecule has 1 fully saturated rings. The number of carbonyl (C=O) groups is 3.